The van der Waals surface area contributed by atoms with E-state index in [2.05, 4.69) is 40.8 Å². The largest absolute Gasteiger partial charge is 0.417 e. The molecule has 0 heterocycles. The van der Waals surface area contributed by atoms with E-state index >= 15 is 0 Å². The van der Waals surface area contributed by atoms with Gasteiger partial charge in [-0.3, -0.25) is 0 Å². The Morgan fingerprint density at radius 3 is 2.13 bits per heavy atom. The van der Waals surface area contributed by atoms with Gasteiger partial charge in [-0.05, 0) is 31.0 Å². The Bertz CT molecular complexity index is 216. The quantitative estimate of drug-likeness (QED) is 0.674. The van der Waals surface area contributed by atoms with Crippen molar-refractivity contribution in [3.8, 4) is 0 Å². The molecule has 1 atom stereocenters. The van der Waals surface area contributed by atoms with Crippen LogP contribution in [0.15, 0.2) is 0 Å². The Hall–Kier alpha value is -0.153. The molecule has 0 aromatic heterocycles. The molecule has 0 saturated carbocycles. The van der Waals surface area contributed by atoms with Crippen LogP contribution in [0.5, 0.6) is 0 Å². The lowest BCUT2D eigenvalue weighted by molar-refractivity contribution is -0.118. The fourth-order valence-electron chi connectivity index (χ4n) is 1.12. The van der Waals surface area contributed by atoms with Gasteiger partial charge in [-0.25, -0.2) is 0 Å². The van der Waals surface area contributed by atoms with Gasteiger partial charge in [0, 0.05) is 13.0 Å². The number of carbonyl (C=O) groups excluding carboxylic acids is 1. The molecule has 0 aromatic carbocycles. The summed E-state index contributed by atoms with van der Waals surface area (Å²) < 4.78 is 6.04. The third-order valence-corrected chi connectivity index (χ3v) is 7.67. The van der Waals surface area contributed by atoms with E-state index in [1.165, 1.54) is 0 Å². The first-order valence-electron chi connectivity index (χ1n) is 5.69. The van der Waals surface area contributed by atoms with Gasteiger partial charge in [-0.2, -0.15) is 0 Å². The van der Waals surface area contributed by atoms with E-state index in [1.54, 1.807) is 6.92 Å². The smallest absolute Gasteiger partial charge is 0.191 e. The monoisotopic (exact) mass is 230 g/mol. The van der Waals surface area contributed by atoms with Crippen LogP contribution in [0.2, 0.25) is 18.1 Å². The van der Waals surface area contributed by atoms with Crippen LogP contribution in [0.25, 0.3) is 0 Å². The molecule has 0 fully saturated rings. The van der Waals surface area contributed by atoms with Crippen molar-refractivity contribution >= 4 is 14.1 Å². The number of ketones is 1. The molecule has 0 aliphatic carbocycles. The van der Waals surface area contributed by atoms with Crippen molar-refractivity contribution in [3.05, 3.63) is 0 Å². The van der Waals surface area contributed by atoms with Crippen molar-refractivity contribution in [2.75, 3.05) is 6.61 Å². The fraction of sp³-hybridized carbons (Fsp3) is 0.917. The summed E-state index contributed by atoms with van der Waals surface area (Å²) in [7, 11) is -1.63. The first-order chi connectivity index (χ1) is 6.56. The number of Topliss-reactive ketones (excluding diaryl/α,β-unsaturated/α-hetero) is 1. The summed E-state index contributed by atoms with van der Waals surface area (Å²) in [5, 5.41) is 0.253. The van der Waals surface area contributed by atoms with Crippen LogP contribution in [0.4, 0.5) is 0 Å². The zero-order valence-electron chi connectivity index (χ0n) is 11.3. The highest BCUT2D eigenvalue weighted by Gasteiger charge is 2.37. The predicted molar refractivity (Wildman–Crippen MR) is 67.6 cm³/mol. The molecule has 0 N–H and O–H groups in total. The highest BCUT2D eigenvalue weighted by Crippen LogP contribution is 2.36. The van der Waals surface area contributed by atoms with Crippen molar-refractivity contribution in [2.24, 2.45) is 5.92 Å². The van der Waals surface area contributed by atoms with Gasteiger partial charge in [0.15, 0.2) is 8.32 Å². The second-order valence-electron chi connectivity index (χ2n) is 6.08. The van der Waals surface area contributed by atoms with Crippen LogP contribution >= 0.6 is 0 Å². The second kappa shape index (κ2) is 5.26. The SMILES string of the molecule is CC(=O)C[C@H](C)CO[Si](C)(C)C(C)(C)C. The van der Waals surface area contributed by atoms with Gasteiger partial charge in [-0.1, -0.05) is 27.7 Å². The maximum atomic E-state index is 10.9. The summed E-state index contributed by atoms with van der Waals surface area (Å²) in [6, 6.07) is 0. The highest BCUT2D eigenvalue weighted by molar-refractivity contribution is 6.74. The molecule has 0 spiro atoms. The molecule has 90 valence electrons. The minimum atomic E-state index is -1.63. The third-order valence-electron chi connectivity index (χ3n) is 3.17. The Labute approximate surface area is 95.5 Å². The Balaban J connectivity index is 4.10. The molecule has 0 rings (SSSR count). The molecular weight excluding hydrogens is 204 g/mol. The third kappa shape index (κ3) is 5.47. The first-order valence-corrected chi connectivity index (χ1v) is 8.60. The standard InChI is InChI=1S/C12H26O2Si/c1-10(8-11(2)13)9-14-15(6,7)12(3,4)5/h10H,8-9H2,1-7H3/t10-/m0/s1. The normalized spacial score (nSPS) is 15.1. The average molecular weight is 230 g/mol. The fourth-order valence-corrected chi connectivity index (χ4v) is 2.25. The van der Waals surface area contributed by atoms with E-state index < -0.39 is 8.32 Å². The molecular formula is C12H26O2Si. The summed E-state index contributed by atoms with van der Waals surface area (Å²) >= 11 is 0. The van der Waals surface area contributed by atoms with Crippen molar-refractivity contribution in [1.29, 1.82) is 0 Å². The molecule has 0 amide bonds. The van der Waals surface area contributed by atoms with E-state index in [0.29, 0.717) is 12.3 Å². The van der Waals surface area contributed by atoms with Crippen molar-refractivity contribution < 1.29 is 9.22 Å². The van der Waals surface area contributed by atoms with E-state index in [-0.39, 0.29) is 10.8 Å². The predicted octanol–water partition coefficient (Wildman–Crippen LogP) is 3.62. The summed E-state index contributed by atoms with van der Waals surface area (Å²) in [6.07, 6.45) is 0.634. The molecule has 2 nitrogen and oxygen atoms in total. The molecule has 0 saturated heterocycles. The van der Waals surface area contributed by atoms with Crippen LogP contribution in [-0.2, 0) is 9.22 Å². The molecule has 0 unspecified atom stereocenters. The zero-order valence-corrected chi connectivity index (χ0v) is 12.3. The molecule has 0 aliphatic heterocycles. The van der Waals surface area contributed by atoms with Crippen molar-refractivity contribution in [1.82, 2.24) is 0 Å². The van der Waals surface area contributed by atoms with Gasteiger partial charge in [-0.15, -0.1) is 0 Å². The van der Waals surface area contributed by atoms with Crippen LogP contribution in [-0.4, -0.2) is 20.7 Å². The molecule has 0 aromatic rings. The summed E-state index contributed by atoms with van der Waals surface area (Å²) in [4.78, 5) is 10.9. The number of rotatable bonds is 5. The highest BCUT2D eigenvalue weighted by atomic mass is 28.4. The minimum absolute atomic E-state index is 0.251. The van der Waals surface area contributed by atoms with Gasteiger partial charge in [0.1, 0.15) is 5.78 Å². The molecule has 3 heteroatoms. The lowest BCUT2D eigenvalue weighted by Gasteiger charge is -2.36. The second-order valence-corrected chi connectivity index (χ2v) is 10.9. The zero-order chi connectivity index (χ0) is 12.3. The summed E-state index contributed by atoms with van der Waals surface area (Å²) in [5.41, 5.74) is 0. The Kier molecular flexibility index (Phi) is 5.20. The molecule has 0 radical (unpaired) electrons. The number of carbonyl (C=O) groups is 1. The number of hydrogen-bond acceptors (Lipinski definition) is 2. The topological polar surface area (TPSA) is 26.3 Å². The van der Waals surface area contributed by atoms with Crippen molar-refractivity contribution in [3.63, 3.8) is 0 Å². The average Bonchev–Trinajstić information content (AvgIpc) is 1.97. The van der Waals surface area contributed by atoms with Gasteiger partial charge < -0.3 is 9.22 Å². The van der Waals surface area contributed by atoms with E-state index in [1.807, 2.05) is 0 Å². The van der Waals surface area contributed by atoms with Crippen LogP contribution in [0.1, 0.15) is 41.0 Å². The number of hydrogen-bond donors (Lipinski definition) is 0. The Morgan fingerprint density at radius 1 is 1.33 bits per heavy atom. The lowest BCUT2D eigenvalue weighted by atomic mass is 10.1. The van der Waals surface area contributed by atoms with Gasteiger partial charge in [0.25, 0.3) is 0 Å². The van der Waals surface area contributed by atoms with E-state index in [4.69, 9.17) is 4.43 Å². The summed E-state index contributed by atoms with van der Waals surface area (Å²) in [6.45, 7) is 15.6. The first kappa shape index (κ1) is 14.8. The van der Waals surface area contributed by atoms with Crippen LogP contribution in [0, 0.1) is 5.92 Å². The minimum Gasteiger partial charge on any atom is -0.417 e. The molecule has 0 aliphatic rings. The van der Waals surface area contributed by atoms with Gasteiger partial charge in [0.05, 0.1) is 0 Å². The maximum absolute atomic E-state index is 10.9. The van der Waals surface area contributed by atoms with Crippen LogP contribution < -0.4 is 0 Å². The van der Waals surface area contributed by atoms with Crippen LogP contribution in [0.3, 0.4) is 0 Å². The molecule has 0 bridgehead atoms. The lowest BCUT2D eigenvalue weighted by Crippen LogP contribution is -2.41. The summed E-state index contributed by atoms with van der Waals surface area (Å²) in [5.74, 6) is 0.595. The Morgan fingerprint density at radius 2 is 1.80 bits per heavy atom. The van der Waals surface area contributed by atoms with Gasteiger partial charge >= 0.3 is 0 Å². The van der Waals surface area contributed by atoms with Gasteiger partial charge in [0.2, 0.25) is 0 Å². The molecule has 15 heavy (non-hydrogen) atoms. The maximum Gasteiger partial charge on any atom is 0.191 e. The van der Waals surface area contributed by atoms with E-state index in [0.717, 1.165) is 6.61 Å². The van der Waals surface area contributed by atoms with E-state index in [9.17, 15) is 4.79 Å². The van der Waals surface area contributed by atoms with Crippen molar-refractivity contribution in [2.45, 2.75) is 59.2 Å².